The molecule has 0 aromatic rings. The van der Waals surface area contributed by atoms with Gasteiger partial charge in [-0.25, -0.2) is 0 Å². The molecule has 0 heterocycles. The molecule has 0 aliphatic heterocycles. The van der Waals surface area contributed by atoms with Gasteiger partial charge in [-0.3, -0.25) is 4.79 Å². The Morgan fingerprint density at radius 3 is 2.18 bits per heavy atom. The SMILES string of the molecule is CCC(=O)OCCCCCCCCCC1CC1. The Labute approximate surface area is 106 Å². The van der Waals surface area contributed by atoms with E-state index in [4.69, 9.17) is 4.74 Å². The van der Waals surface area contributed by atoms with Crippen LogP contribution in [-0.4, -0.2) is 12.6 Å². The lowest BCUT2D eigenvalue weighted by Crippen LogP contribution is -2.03. The zero-order chi connectivity index (χ0) is 12.3. The second-order valence-electron chi connectivity index (χ2n) is 5.28. The van der Waals surface area contributed by atoms with Gasteiger partial charge in [-0.1, -0.05) is 64.7 Å². The lowest BCUT2D eigenvalue weighted by atomic mass is 10.1. The average Bonchev–Trinajstić information content (AvgIpc) is 3.15. The molecule has 0 unspecified atom stereocenters. The van der Waals surface area contributed by atoms with Crippen molar-refractivity contribution in [2.24, 2.45) is 5.92 Å². The number of esters is 1. The van der Waals surface area contributed by atoms with E-state index in [2.05, 4.69) is 0 Å². The molecule has 2 heteroatoms. The summed E-state index contributed by atoms with van der Waals surface area (Å²) in [5.41, 5.74) is 0. The van der Waals surface area contributed by atoms with Crippen LogP contribution in [0.3, 0.4) is 0 Å². The van der Waals surface area contributed by atoms with Crippen LogP contribution in [-0.2, 0) is 9.53 Å². The Morgan fingerprint density at radius 1 is 1.00 bits per heavy atom. The van der Waals surface area contributed by atoms with Crippen LogP contribution in [0.5, 0.6) is 0 Å². The molecule has 100 valence electrons. The second-order valence-corrected chi connectivity index (χ2v) is 5.28. The summed E-state index contributed by atoms with van der Waals surface area (Å²) in [7, 11) is 0. The van der Waals surface area contributed by atoms with Crippen LogP contribution < -0.4 is 0 Å². The first-order valence-corrected chi connectivity index (χ1v) is 7.48. The van der Waals surface area contributed by atoms with E-state index in [0.717, 1.165) is 12.3 Å². The maximum absolute atomic E-state index is 10.9. The minimum absolute atomic E-state index is 0.0647. The lowest BCUT2D eigenvalue weighted by Gasteiger charge is -2.03. The monoisotopic (exact) mass is 240 g/mol. The Bertz CT molecular complexity index is 197. The molecule has 0 spiro atoms. The standard InChI is InChI=1S/C15H28O2/c1-2-15(16)17-13-9-7-5-3-4-6-8-10-14-11-12-14/h14H,2-13H2,1H3. The normalized spacial score (nSPS) is 14.9. The molecule has 0 aromatic carbocycles. The van der Waals surface area contributed by atoms with Crippen LogP contribution in [0.4, 0.5) is 0 Å². The van der Waals surface area contributed by atoms with Gasteiger partial charge in [0.15, 0.2) is 0 Å². The molecule has 1 saturated carbocycles. The van der Waals surface area contributed by atoms with E-state index in [1.807, 2.05) is 6.92 Å². The Balaban J connectivity index is 1.67. The summed E-state index contributed by atoms with van der Waals surface area (Å²) >= 11 is 0. The number of hydrogen-bond acceptors (Lipinski definition) is 2. The van der Waals surface area contributed by atoms with Crippen molar-refractivity contribution in [3.05, 3.63) is 0 Å². The quantitative estimate of drug-likeness (QED) is 0.393. The predicted octanol–water partition coefficient (Wildman–Crippen LogP) is 4.47. The van der Waals surface area contributed by atoms with Crippen molar-refractivity contribution in [3.63, 3.8) is 0 Å². The molecule has 0 atom stereocenters. The summed E-state index contributed by atoms with van der Waals surface area (Å²) in [6.45, 7) is 2.46. The van der Waals surface area contributed by atoms with E-state index in [9.17, 15) is 4.79 Å². The van der Waals surface area contributed by atoms with Gasteiger partial charge in [0.2, 0.25) is 0 Å². The first-order chi connectivity index (χ1) is 8.33. The van der Waals surface area contributed by atoms with Gasteiger partial charge < -0.3 is 4.74 Å². The van der Waals surface area contributed by atoms with Gasteiger partial charge in [-0.2, -0.15) is 0 Å². The highest BCUT2D eigenvalue weighted by Crippen LogP contribution is 2.34. The van der Waals surface area contributed by atoms with Gasteiger partial charge in [0.25, 0.3) is 0 Å². The third kappa shape index (κ3) is 9.20. The van der Waals surface area contributed by atoms with Gasteiger partial charge in [0.05, 0.1) is 6.61 Å². The van der Waals surface area contributed by atoms with Crippen molar-refractivity contribution in [3.8, 4) is 0 Å². The summed E-state index contributed by atoms with van der Waals surface area (Å²) in [4.78, 5) is 10.9. The number of carbonyl (C=O) groups is 1. The molecule has 0 radical (unpaired) electrons. The average molecular weight is 240 g/mol. The summed E-state index contributed by atoms with van der Waals surface area (Å²) in [6, 6.07) is 0. The van der Waals surface area contributed by atoms with Gasteiger partial charge in [0.1, 0.15) is 0 Å². The van der Waals surface area contributed by atoms with Crippen molar-refractivity contribution in [1.82, 2.24) is 0 Å². The maximum Gasteiger partial charge on any atom is 0.305 e. The molecule has 1 aliphatic carbocycles. The summed E-state index contributed by atoms with van der Waals surface area (Å²) in [5, 5.41) is 0. The molecule has 0 bridgehead atoms. The van der Waals surface area contributed by atoms with Crippen molar-refractivity contribution in [1.29, 1.82) is 0 Å². The van der Waals surface area contributed by atoms with Crippen LogP contribution in [0.25, 0.3) is 0 Å². The number of carbonyl (C=O) groups excluding carboxylic acids is 1. The van der Waals surface area contributed by atoms with Crippen LogP contribution in [0, 0.1) is 5.92 Å². The van der Waals surface area contributed by atoms with E-state index in [1.54, 1.807) is 0 Å². The number of ether oxygens (including phenoxy) is 1. The van der Waals surface area contributed by atoms with Gasteiger partial charge >= 0.3 is 5.97 Å². The van der Waals surface area contributed by atoms with Crippen LogP contribution in [0.15, 0.2) is 0 Å². The highest BCUT2D eigenvalue weighted by molar-refractivity contribution is 5.68. The molecule has 0 N–H and O–H groups in total. The molecule has 1 rings (SSSR count). The molecule has 0 aromatic heterocycles. The van der Waals surface area contributed by atoms with Gasteiger partial charge in [-0.15, -0.1) is 0 Å². The Morgan fingerprint density at radius 2 is 1.59 bits per heavy atom. The Kier molecular flexibility index (Phi) is 8.12. The van der Waals surface area contributed by atoms with Crippen molar-refractivity contribution in [2.45, 2.75) is 77.6 Å². The predicted molar refractivity (Wildman–Crippen MR) is 70.9 cm³/mol. The van der Waals surface area contributed by atoms with E-state index in [-0.39, 0.29) is 5.97 Å². The number of unbranched alkanes of at least 4 members (excludes halogenated alkanes) is 6. The summed E-state index contributed by atoms with van der Waals surface area (Å²) in [5.74, 6) is 1.04. The second kappa shape index (κ2) is 9.49. The number of hydrogen-bond donors (Lipinski definition) is 0. The van der Waals surface area contributed by atoms with E-state index >= 15 is 0 Å². The summed E-state index contributed by atoms with van der Waals surface area (Å²) < 4.78 is 5.03. The molecule has 17 heavy (non-hydrogen) atoms. The fraction of sp³-hybridized carbons (Fsp3) is 0.933. The van der Waals surface area contributed by atoms with E-state index in [0.29, 0.717) is 13.0 Å². The van der Waals surface area contributed by atoms with Crippen molar-refractivity contribution >= 4 is 5.97 Å². The van der Waals surface area contributed by atoms with Crippen molar-refractivity contribution in [2.75, 3.05) is 6.61 Å². The topological polar surface area (TPSA) is 26.3 Å². The third-order valence-electron chi connectivity index (χ3n) is 3.51. The lowest BCUT2D eigenvalue weighted by molar-refractivity contribution is -0.143. The van der Waals surface area contributed by atoms with Gasteiger partial charge in [0, 0.05) is 6.42 Å². The molecule has 1 aliphatic rings. The molecular weight excluding hydrogens is 212 g/mol. The van der Waals surface area contributed by atoms with Gasteiger partial charge in [-0.05, 0) is 12.3 Å². The minimum Gasteiger partial charge on any atom is -0.466 e. The van der Waals surface area contributed by atoms with Crippen molar-refractivity contribution < 1.29 is 9.53 Å². The fourth-order valence-corrected chi connectivity index (χ4v) is 2.11. The molecule has 0 amide bonds. The number of rotatable bonds is 11. The van der Waals surface area contributed by atoms with Crippen LogP contribution in [0.2, 0.25) is 0 Å². The Hall–Kier alpha value is -0.530. The first kappa shape index (κ1) is 14.5. The molecule has 1 fully saturated rings. The van der Waals surface area contributed by atoms with E-state index < -0.39 is 0 Å². The fourth-order valence-electron chi connectivity index (χ4n) is 2.11. The maximum atomic E-state index is 10.9. The zero-order valence-corrected chi connectivity index (χ0v) is 11.4. The highest BCUT2D eigenvalue weighted by Gasteiger charge is 2.19. The zero-order valence-electron chi connectivity index (χ0n) is 11.4. The summed E-state index contributed by atoms with van der Waals surface area (Å²) in [6.07, 6.45) is 14.1. The smallest absolute Gasteiger partial charge is 0.305 e. The first-order valence-electron chi connectivity index (χ1n) is 7.48. The largest absolute Gasteiger partial charge is 0.466 e. The molecular formula is C15H28O2. The van der Waals surface area contributed by atoms with E-state index in [1.165, 1.54) is 57.8 Å². The minimum atomic E-state index is -0.0647. The van der Waals surface area contributed by atoms with Crippen LogP contribution in [0.1, 0.15) is 77.6 Å². The molecule has 2 nitrogen and oxygen atoms in total. The highest BCUT2D eigenvalue weighted by atomic mass is 16.5. The molecule has 0 saturated heterocycles. The third-order valence-corrected chi connectivity index (χ3v) is 3.51. The van der Waals surface area contributed by atoms with Crippen LogP contribution >= 0.6 is 0 Å².